The molecule has 0 fully saturated rings. The Morgan fingerprint density at radius 3 is 2.58 bits per heavy atom. The second-order valence-electron chi connectivity index (χ2n) is 5.53. The van der Waals surface area contributed by atoms with Gasteiger partial charge in [-0.2, -0.15) is 13.2 Å². The third-order valence-electron chi connectivity index (χ3n) is 3.39. The minimum atomic E-state index is -4.41. The van der Waals surface area contributed by atoms with Crippen LogP contribution in [0.25, 0.3) is 0 Å². The number of halogens is 4. The molecule has 5 nitrogen and oxygen atoms in total. The van der Waals surface area contributed by atoms with E-state index in [1.54, 1.807) is 6.07 Å². The Kier molecular flexibility index (Phi) is 8.12. The number of alkyl halides is 3. The molecule has 2 aromatic rings. The molecule has 26 heavy (non-hydrogen) atoms. The van der Waals surface area contributed by atoms with Crippen molar-refractivity contribution >= 4 is 35.6 Å². The van der Waals surface area contributed by atoms with Crippen molar-refractivity contribution in [3.63, 3.8) is 0 Å². The number of hydrogen-bond acceptors (Lipinski definition) is 3. The molecule has 0 saturated carbocycles. The number of ether oxygens (including phenoxy) is 1. The zero-order valence-electron chi connectivity index (χ0n) is 14.3. The SMILES string of the molecule is Cc1ccc(NC(N)=NCc2ccnc(OCC(F)(F)F)c2)cc1C.I. The van der Waals surface area contributed by atoms with Gasteiger partial charge < -0.3 is 15.8 Å². The van der Waals surface area contributed by atoms with Gasteiger partial charge in [-0.15, -0.1) is 24.0 Å². The Morgan fingerprint density at radius 2 is 1.92 bits per heavy atom. The van der Waals surface area contributed by atoms with Gasteiger partial charge in [-0.3, -0.25) is 0 Å². The molecule has 3 N–H and O–H groups in total. The summed E-state index contributed by atoms with van der Waals surface area (Å²) in [5.41, 5.74) is 9.58. The van der Waals surface area contributed by atoms with Crippen LogP contribution in [0, 0.1) is 13.8 Å². The third-order valence-corrected chi connectivity index (χ3v) is 3.39. The number of nitrogens with one attached hydrogen (secondary N) is 1. The molecule has 0 saturated heterocycles. The molecule has 1 aromatic heterocycles. The monoisotopic (exact) mass is 480 g/mol. The van der Waals surface area contributed by atoms with E-state index in [2.05, 4.69) is 20.0 Å². The quantitative estimate of drug-likeness (QED) is 0.383. The van der Waals surface area contributed by atoms with Gasteiger partial charge in [0.2, 0.25) is 5.88 Å². The topological polar surface area (TPSA) is 72.5 Å². The average molecular weight is 480 g/mol. The lowest BCUT2D eigenvalue weighted by atomic mass is 10.1. The number of aryl methyl sites for hydroxylation is 2. The van der Waals surface area contributed by atoms with Crippen LogP contribution in [-0.2, 0) is 6.54 Å². The molecular formula is C17H20F3IN4O. The fourth-order valence-corrected chi connectivity index (χ4v) is 1.97. The first-order valence-corrected chi connectivity index (χ1v) is 7.51. The van der Waals surface area contributed by atoms with Crippen LogP contribution in [0.4, 0.5) is 18.9 Å². The minimum Gasteiger partial charge on any atom is -0.468 e. The number of hydrogen-bond donors (Lipinski definition) is 2. The fourth-order valence-electron chi connectivity index (χ4n) is 1.97. The number of anilines is 1. The highest BCUT2D eigenvalue weighted by Gasteiger charge is 2.28. The van der Waals surface area contributed by atoms with E-state index in [0.29, 0.717) is 5.56 Å². The summed E-state index contributed by atoms with van der Waals surface area (Å²) in [6, 6.07) is 8.84. The second kappa shape index (κ2) is 9.60. The number of aromatic nitrogens is 1. The van der Waals surface area contributed by atoms with Crippen LogP contribution >= 0.6 is 24.0 Å². The number of rotatable bonds is 5. The van der Waals surface area contributed by atoms with Gasteiger partial charge in [-0.25, -0.2) is 9.98 Å². The number of guanidine groups is 1. The first-order chi connectivity index (χ1) is 11.7. The predicted molar refractivity (Wildman–Crippen MR) is 106 cm³/mol. The van der Waals surface area contributed by atoms with Gasteiger partial charge in [-0.1, -0.05) is 6.07 Å². The lowest BCUT2D eigenvalue weighted by Gasteiger charge is -2.09. The standard InChI is InChI=1S/C17H19F3N4O.HI/c1-11-3-4-14(7-12(11)2)24-16(21)23-9-13-5-6-22-15(8-13)25-10-17(18,19)20;/h3-8H,9-10H2,1-2H3,(H3,21,23,24);1H. The molecule has 142 valence electrons. The van der Waals surface area contributed by atoms with Gasteiger partial charge in [0.15, 0.2) is 12.6 Å². The Labute approximate surface area is 166 Å². The van der Waals surface area contributed by atoms with Crippen molar-refractivity contribution in [3.05, 3.63) is 53.2 Å². The number of nitrogens with zero attached hydrogens (tertiary/aromatic N) is 2. The van der Waals surface area contributed by atoms with Crippen LogP contribution in [-0.4, -0.2) is 23.7 Å². The molecule has 0 unspecified atom stereocenters. The highest BCUT2D eigenvalue weighted by Crippen LogP contribution is 2.18. The van der Waals surface area contributed by atoms with E-state index in [-0.39, 0.29) is 42.4 Å². The van der Waals surface area contributed by atoms with Crippen LogP contribution in [0.3, 0.4) is 0 Å². The summed E-state index contributed by atoms with van der Waals surface area (Å²) in [5, 5.41) is 2.97. The highest BCUT2D eigenvalue weighted by atomic mass is 127. The van der Waals surface area contributed by atoms with Gasteiger partial charge in [0.25, 0.3) is 0 Å². The van der Waals surface area contributed by atoms with Gasteiger partial charge in [0, 0.05) is 18.0 Å². The summed E-state index contributed by atoms with van der Waals surface area (Å²) in [5.74, 6) is 0.101. The van der Waals surface area contributed by atoms with Gasteiger partial charge in [0.1, 0.15) is 0 Å². The first-order valence-electron chi connectivity index (χ1n) is 7.51. The van der Waals surface area contributed by atoms with Crippen LogP contribution < -0.4 is 15.8 Å². The molecule has 0 amide bonds. The third kappa shape index (κ3) is 7.46. The largest absolute Gasteiger partial charge is 0.468 e. The van der Waals surface area contributed by atoms with E-state index in [9.17, 15) is 13.2 Å². The van der Waals surface area contributed by atoms with E-state index in [1.165, 1.54) is 17.8 Å². The van der Waals surface area contributed by atoms with Gasteiger partial charge in [0.05, 0.1) is 6.54 Å². The molecule has 1 heterocycles. The maximum Gasteiger partial charge on any atom is 0.422 e. The molecule has 0 atom stereocenters. The molecule has 1 aromatic carbocycles. The zero-order valence-corrected chi connectivity index (χ0v) is 16.6. The van der Waals surface area contributed by atoms with Crippen molar-refractivity contribution in [1.29, 1.82) is 0 Å². The molecule has 0 radical (unpaired) electrons. The molecule has 0 aliphatic rings. The smallest absolute Gasteiger partial charge is 0.422 e. The Hall–Kier alpha value is -2.04. The Bertz CT molecular complexity index is 766. The van der Waals surface area contributed by atoms with Crippen molar-refractivity contribution in [3.8, 4) is 5.88 Å². The van der Waals surface area contributed by atoms with E-state index < -0.39 is 12.8 Å². The van der Waals surface area contributed by atoms with Crippen molar-refractivity contribution in [2.45, 2.75) is 26.6 Å². The maximum absolute atomic E-state index is 12.2. The van der Waals surface area contributed by atoms with Crippen LogP contribution in [0.1, 0.15) is 16.7 Å². The number of aliphatic imine (C=N–C) groups is 1. The van der Waals surface area contributed by atoms with Crippen LogP contribution in [0.15, 0.2) is 41.5 Å². The lowest BCUT2D eigenvalue weighted by Crippen LogP contribution is -2.22. The Balaban J connectivity index is 0.00000338. The fraction of sp³-hybridized carbons (Fsp3) is 0.294. The minimum absolute atomic E-state index is 0. The van der Waals surface area contributed by atoms with Crippen molar-refractivity contribution < 1.29 is 17.9 Å². The molecule has 0 spiro atoms. The van der Waals surface area contributed by atoms with Crippen molar-refractivity contribution in [2.75, 3.05) is 11.9 Å². The molecule has 2 rings (SSSR count). The van der Waals surface area contributed by atoms with Crippen molar-refractivity contribution in [1.82, 2.24) is 4.98 Å². The number of pyridine rings is 1. The Morgan fingerprint density at radius 1 is 1.19 bits per heavy atom. The number of benzene rings is 1. The molecule has 0 bridgehead atoms. The van der Waals surface area contributed by atoms with Gasteiger partial charge >= 0.3 is 6.18 Å². The normalized spacial score (nSPS) is 11.7. The summed E-state index contributed by atoms with van der Waals surface area (Å²) in [7, 11) is 0. The molecule has 0 aliphatic heterocycles. The lowest BCUT2D eigenvalue weighted by molar-refractivity contribution is -0.154. The highest BCUT2D eigenvalue weighted by molar-refractivity contribution is 14.0. The summed E-state index contributed by atoms with van der Waals surface area (Å²) >= 11 is 0. The summed E-state index contributed by atoms with van der Waals surface area (Å²) in [4.78, 5) is 7.91. The maximum atomic E-state index is 12.2. The van der Waals surface area contributed by atoms with Crippen LogP contribution in [0.5, 0.6) is 5.88 Å². The summed E-state index contributed by atoms with van der Waals surface area (Å²) < 4.78 is 41.1. The van der Waals surface area contributed by atoms with Crippen molar-refractivity contribution in [2.24, 2.45) is 10.7 Å². The molecule has 0 aliphatic carbocycles. The zero-order chi connectivity index (χ0) is 18.4. The number of nitrogens with two attached hydrogens (primary N) is 1. The van der Waals surface area contributed by atoms with E-state index >= 15 is 0 Å². The molecular weight excluding hydrogens is 460 g/mol. The molecule has 9 heteroatoms. The summed E-state index contributed by atoms with van der Waals surface area (Å²) in [6.07, 6.45) is -3.04. The summed E-state index contributed by atoms with van der Waals surface area (Å²) in [6.45, 7) is 2.81. The van der Waals surface area contributed by atoms with Gasteiger partial charge in [-0.05, 0) is 48.7 Å². The predicted octanol–water partition coefficient (Wildman–Crippen LogP) is 4.18. The van der Waals surface area contributed by atoms with E-state index in [0.717, 1.165) is 11.3 Å². The second-order valence-corrected chi connectivity index (χ2v) is 5.53. The average Bonchev–Trinajstić information content (AvgIpc) is 2.54. The van der Waals surface area contributed by atoms with Crippen LogP contribution in [0.2, 0.25) is 0 Å². The first kappa shape index (κ1) is 22.0. The van der Waals surface area contributed by atoms with E-state index in [1.807, 2.05) is 32.0 Å². The van der Waals surface area contributed by atoms with E-state index in [4.69, 9.17) is 5.73 Å².